The molecule has 0 saturated carbocycles. The van der Waals surface area contributed by atoms with E-state index in [4.69, 9.17) is 0 Å². The minimum Gasteiger partial charge on any atom is -0.144 e. The first-order valence-electron chi connectivity index (χ1n) is 2.47. The Labute approximate surface area is 49.4 Å². The molecule has 0 fully saturated rings. The fourth-order valence-corrected chi connectivity index (χ4v) is 0.292. The lowest BCUT2D eigenvalue weighted by Gasteiger charge is -1.76. The fourth-order valence-electron chi connectivity index (χ4n) is 0.292. The molecule has 0 spiro atoms. The van der Waals surface area contributed by atoms with Crippen molar-refractivity contribution in [3.8, 4) is 12.1 Å². The minimum atomic E-state index is 0.838. The molecule has 1 radical (unpaired) electrons. The Kier molecular flexibility index (Phi) is 5.63. The molecule has 43 valence electrons. The Bertz CT molecular complexity index is 114. The molecule has 0 aliphatic rings. The molecule has 1 heteroatoms. The van der Waals surface area contributed by atoms with E-state index in [1.54, 1.807) is 6.08 Å². The van der Waals surface area contributed by atoms with Gasteiger partial charge in [-0.05, 0) is 24.8 Å². The standard InChI is InChI=1S/C7H8F/c1-2-3-4-5-6-7-8/h4-5H,1-3H2. The van der Waals surface area contributed by atoms with Crippen molar-refractivity contribution in [2.45, 2.75) is 12.8 Å². The second-order valence-electron chi connectivity index (χ2n) is 1.28. The maximum absolute atomic E-state index is 11.0. The van der Waals surface area contributed by atoms with Crippen LogP contribution in [0.5, 0.6) is 0 Å². The number of allylic oxidation sites excluding steroid dienone is 2. The molecule has 0 nitrogen and oxygen atoms in total. The molecule has 0 unspecified atom stereocenters. The van der Waals surface area contributed by atoms with Gasteiger partial charge < -0.3 is 0 Å². The first kappa shape index (κ1) is 7.23. The lowest BCUT2D eigenvalue weighted by molar-refractivity contribution is 0.774. The van der Waals surface area contributed by atoms with E-state index in [0.717, 1.165) is 12.8 Å². The van der Waals surface area contributed by atoms with Gasteiger partial charge in [-0.1, -0.05) is 13.0 Å². The predicted octanol–water partition coefficient (Wildman–Crippen LogP) is 2.09. The van der Waals surface area contributed by atoms with E-state index in [-0.39, 0.29) is 0 Å². The van der Waals surface area contributed by atoms with Gasteiger partial charge in [-0.15, -0.1) is 4.39 Å². The summed E-state index contributed by atoms with van der Waals surface area (Å²) in [6.07, 6.45) is 6.26. The molecule has 0 aliphatic carbocycles. The Hall–Kier alpha value is -0.770. The molecule has 0 amide bonds. The van der Waals surface area contributed by atoms with Gasteiger partial charge in [0.1, 0.15) is 6.17 Å². The van der Waals surface area contributed by atoms with Gasteiger partial charge in [-0.25, -0.2) is 0 Å². The Morgan fingerprint density at radius 1 is 1.62 bits per heavy atom. The first-order valence-corrected chi connectivity index (χ1v) is 2.47. The normalized spacial score (nSPS) is 8.75. The van der Waals surface area contributed by atoms with Gasteiger partial charge in [0.05, 0.1) is 0 Å². The van der Waals surface area contributed by atoms with Crippen LogP contribution in [0.3, 0.4) is 0 Å². The van der Waals surface area contributed by atoms with E-state index in [2.05, 4.69) is 12.8 Å². The van der Waals surface area contributed by atoms with Crippen LogP contribution < -0.4 is 0 Å². The highest BCUT2D eigenvalue weighted by molar-refractivity contribution is 5.11. The highest BCUT2D eigenvalue weighted by Gasteiger charge is 1.67. The summed E-state index contributed by atoms with van der Waals surface area (Å²) in [7, 11) is 0. The van der Waals surface area contributed by atoms with Crippen LogP contribution in [0.4, 0.5) is 4.39 Å². The molecular formula is C7H8F. The number of hydrogen-bond acceptors (Lipinski definition) is 0. The highest BCUT2D eigenvalue weighted by atomic mass is 19.1. The zero-order valence-corrected chi connectivity index (χ0v) is 4.65. The van der Waals surface area contributed by atoms with Crippen LogP contribution in [-0.4, -0.2) is 0 Å². The average Bonchev–Trinajstić information content (AvgIpc) is 1.81. The smallest absolute Gasteiger partial charge is 0.110 e. The Morgan fingerprint density at radius 2 is 2.38 bits per heavy atom. The van der Waals surface area contributed by atoms with Gasteiger partial charge >= 0.3 is 0 Å². The van der Waals surface area contributed by atoms with E-state index in [1.807, 2.05) is 0 Å². The monoisotopic (exact) mass is 111 g/mol. The lowest BCUT2D eigenvalue weighted by Crippen LogP contribution is -1.58. The van der Waals surface area contributed by atoms with E-state index < -0.39 is 0 Å². The summed E-state index contributed by atoms with van der Waals surface area (Å²) in [5.41, 5.74) is 0. The molecule has 8 heavy (non-hydrogen) atoms. The summed E-state index contributed by atoms with van der Waals surface area (Å²) in [5, 5.41) is 0. The third kappa shape index (κ3) is 5.23. The van der Waals surface area contributed by atoms with Gasteiger partial charge in [-0.2, -0.15) is 0 Å². The quantitative estimate of drug-likeness (QED) is 0.478. The van der Waals surface area contributed by atoms with Gasteiger partial charge in [-0.3, -0.25) is 0 Å². The zero-order chi connectivity index (χ0) is 6.24. The summed E-state index contributed by atoms with van der Waals surface area (Å²) >= 11 is 0. The molecule has 0 rings (SSSR count). The third-order valence-electron chi connectivity index (χ3n) is 0.627. The molecule has 0 heterocycles. The summed E-state index contributed by atoms with van der Waals surface area (Å²) in [4.78, 5) is 0. The maximum Gasteiger partial charge on any atom is 0.110 e. The maximum atomic E-state index is 11.0. The van der Waals surface area contributed by atoms with E-state index in [9.17, 15) is 4.39 Å². The van der Waals surface area contributed by atoms with Crippen LogP contribution >= 0.6 is 0 Å². The van der Waals surface area contributed by atoms with Crippen LogP contribution in [0.1, 0.15) is 12.8 Å². The number of halogens is 1. The molecule has 0 aromatic rings. The second-order valence-corrected chi connectivity index (χ2v) is 1.28. The van der Waals surface area contributed by atoms with Crippen LogP contribution in [-0.2, 0) is 0 Å². The lowest BCUT2D eigenvalue weighted by atomic mass is 10.3. The summed E-state index contributed by atoms with van der Waals surface area (Å²) < 4.78 is 11.0. The van der Waals surface area contributed by atoms with Gasteiger partial charge in [0.25, 0.3) is 0 Å². The van der Waals surface area contributed by atoms with Crippen molar-refractivity contribution in [1.82, 2.24) is 0 Å². The van der Waals surface area contributed by atoms with Crippen molar-refractivity contribution >= 4 is 0 Å². The Morgan fingerprint density at radius 3 is 2.88 bits per heavy atom. The van der Waals surface area contributed by atoms with Crippen LogP contribution in [0.25, 0.3) is 0 Å². The van der Waals surface area contributed by atoms with Crippen LogP contribution in [0.2, 0.25) is 0 Å². The zero-order valence-electron chi connectivity index (χ0n) is 4.65. The van der Waals surface area contributed by atoms with E-state index in [0.29, 0.717) is 0 Å². The molecule has 0 aromatic heterocycles. The SMILES string of the molecule is [CH2]CCC=CC#CF. The van der Waals surface area contributed by atoms with E-state index in [1.165, 1.54) is 12.3 Å². The summed E-state index contributed by atoms with van der Waals surface area (Å²) in [6, 6.07) is 0. The number of rotatable bonds is 2. The van der Waals surface area contributed by atoms with Gasteiger partial charge in [0, 0.05) is 0 Å². The van der Waals surface area contributed by atoms with E-state index >= 15 is 0 Å². The number of unbranched alkanes of at least 4 members (excludes halogenated alkanes) is 1. The molecule has 0 saturated heterocycles. The average molecular weight is 111 g/mol. The van der Waals surface area contributed by atoms with Crippen molar-refractivity contribution in [3.63, 3.8) is 0 Å². The van der Waals surface area contributed by atoms with Crippen molar-refractivity contribution in [3.05, 3.63) is 19.1 Å². The van der Waals surface area contributed by atoms with Crippen molar-refractivity contribution in [1.29, 1.82) is 0 Å². The molecule has 0 aromatic carbocycles. The van der Waals surface area contributed by atoms with Crippen LogP contribution in [0.15, 0.2) is 12.2 Å². The van der Waals surface area contributed by atoms with Gasteiger partial charge in [0.15, 0.2) is 0 Å². The molecular weight excluding hydrogens is 103 g/mol. The minimum absolute atomic E-state index is 0.838. The molecule has 0 bridgehead atoms. The number of hydrogen-bond donors (Lipinski definition) is 0. The fraction of sp³-hybridized carbons (Fsp3) is 0.286. The largest absolute Gasteiger partial charge is 0.144 e. The van der Waals surface area contributed by atoms with Crippen LogP contribution in [0, 0.1) is 19.0 Å². The first-order chi connectivity index (χ1) is 3.91. The summed E-state index contributed by atoms with van der Waals surface area (Å²) in [6.45, 7) is 3.59. The summed E-state index contributed by atoms with van der Waals surface area (Å²) in [5.74, 6) is 2.16. The molecule has 0 atom stereocenters. The molecule has 0 aliphatic heterocycles. The van der Waals surface area contributed by atoms with Crippen molar-refractivity contribution < 1.29 is 4.39 Å². The third-order valence-corrected chi connectivity index (χ3v) is 0.627. The van der Waals surface area contributed by atoms with Gasteiger partial charge in [0.2, 0.25) is 0 Å². The van der Waals surface area contributed by atoms with Crippen molar-refractivity contribution in [2.75, 3.05) is 0 Å². The van der Waals surface area contributed by atoms with Crippen molar-refractivity contribution in [2.24, 2.45) is 0 Å². The predicted molar refractivity (Wildman–Crippen MR) is 32.6 cm³/mol. The topological polar surface area (TPSA) is 0 Å². The Balaban J connectivity index is 3.16. The second kappa shape index (κ2) is 6.23. The molecule has 0 N–H and O–H groups in total. The highest BCUT2D eigenvalue weighted by Crippen LogP contribution is 1.85.